The van der Waals surface area contributed by atoms with E-state index in [-0.39, 0.29) is 11.8 Å². The lowest BCUT2D eigenvalue weighted by Gasteiger charge is -2.28. The predicted octanol–water partition coefficient (Wildman–Crippen LogP) is 2.76. The average Bonchev–Trinajstić information content (AvgIpc) is 2.74. The number of amides is 2. The SMILES string of the molecule is O=C(CCCNC(=O)c1ccccc1)NCCCN1CCc2ccccc2C1. The molecule has 1 heterocycles. The van der Waals surface area contributed by atoms with Crippen LogP contribution in [-0.4, -0.2) is 42.9 Å². The maximum Gasteiger partial charge on any atom is 0.251 e. The molecular formula is C23H29N3O2. The van der Waals surface area contributed by atoms with E-state index < -0.39 is 0 Å². The molecule has 148 valence electrons. The van der Waals surface area contributed by atoms with Gasteiger partial charge >= 0.3 is 0 Å². The average molecular weight is 380 g/mol. The molecule has 5 heteroatoms. The number of nitrogens with one attached hydrogen (secondary N) is 2. The van der Waals surface area contributed by atoms with Gasteiger partial charge in [0.25, 0.3) is 5.91 Å². The van der Waals surface area contributed by atoms with Crippen LogP contribution in [0, 0.1) is 0 Å². The highest BCUT2D eigenvalue weighted by Crippen LogP contribution is 2.18. The second kappa shape index (κ2) is 10.6. The minimum Gasteiger partial charge on any atom is -0.356 e. The Hall–Kier alpha value is -2.66. The molecule has 5 nitrogen and oxygen atoms in total. The van der Waals surface area contributed by atoms with Crippen molar-refractivity contribution in [2.24, 2.45) is 0 Å². The van der Waals surface area contributed by atoms with Gasteiger partial charge in [0.15, 0.2) is 0 Å². The number of hydrogen-bond donors (Lipinski definition) is 2. The van der Waals surface area contributed by atoms with Crippen LogP contribution >= 0.6 is 0 Å². The van der Waals surface area contributed by atoms with Gasteiger partial charge in [0.1, 0.15) is 0 Å². The Morgan fingerprint density at radius 3 is 2.39 bits per heavy atom. The van der Waals surface area contributed by atoms with Gasteiger partial charge in [-0.25, -0.2) is 0 Å². The Labute approximate surface area is 167 Å². The fourth-order valence-electron chi connectivity index (χ4n) is 3.51. The van der Waals surface area contributed by atoms with Gasteiger partial charge in [-0.15, -0.1) is 0 Å². The molecule has 0 saturated carbocycles. The van der Waals surface area contributed by atoms with Crippen LogP contribution in [-0.2, 0) is 17.8 Å². The summed E-state index contributed by atoms with van der Waals surface area (Å²) in [6, 6.07) is 17.8. The van der Waals surface area contributed by atoms with Crippen molar-refractivity contribution in [2.75, 3.05) is 26.2 Å². The second-order valence-electron chi connectivity index (χ2n) is 7.22. The Morgan fingerprint density at radius 2 is 1.57 bits per heavy atom. The van der Waals surface area contributed by atoms with E-state index >= 15 is 0 Å². The van der Waals surface area contributed by atoms with Gasteiger partial charge in [-0.3, -0.25) is 14.5 Å². The van der Waals surface area contributed by atoms with Crippen molar-refractivity contribution in [3.63, 3.8) is 0 Å². The lowest BCUT2D eigenvalue weighted by molar-refractivity contribution is -0.121. The van der Waals surface area contributed by atoms with Gasteiger partial charge in [0.2, 0.25) is 5.91 Å². The van der Waals surface area contributed by atoms with E-state index in [1.54, 1.807) is 12.1 Å². The predicted molar refractivity (Wildman–Crippen MR) is 111 cm³/mol. The first-order chi connectivity index (χ1) is 13.7. The first-order valence-electron chi connectivity index (χ1n) is 10.1. The van der Waals surface area contributed by atoms with E-state index in [4.69, 9.17) is 0 Å². The zero-order valence-electron chi connectivity index (χ0n) is 16.3. The van der Waals surface area contributed by atoms with Crippen LogP contribution in [0.25, 0.3) is 0 Å². The highest BCUT2D eigenvalue weighted by molar-refractivity contribution is 5.94. The quantitative estimate of drug-likeness (QED) is 0.659. The second-order valence-corrected chi connectivity index (χ2v) is 7.22. The summed E-state index contributed by atoms with van der Waals surface area (Å²) < 4.78 is 0. The molecule has 0 atom stereocenters. The summed E-state index contributed by atoms with van der Waals surface area (Å²) in [6.45, 7) is 4.31. The molecule has 28 heavy (non-hydrogen) atoms. The van der Waals surface area contributed by atoms with E-state index in [1.165, 1.54) is 11.1 Å². The number of nitrogens with zero attached hydrogens (tertiary/aromatic N) is 1. The Morgan fingerprint density at radius 1 is 0.857 bits per heavy atom. The molecule has 0 aromatic heterocycles. The third-order valence-electron chi connectivity index (χ3n) is 5.09. The van der Waals surface area contributed by atoms with Crippen molar-refractivity contribution in [3.05, 3.63) is 71.3 Å². The van der Waals surface area contributed by atoms with Gasteiger partial charge in [-0.2, -0.15) is 0 Å². The van der Waals surface area contributed by atoms with Gasteiger partial charge in [-0.1, -0.05) is 42.5 Å². The minimum absolute atomic E-state index is 0.0537. The molecule has 2 aromatic rings. The fourth-order valence-corrected chi connectivity index (χ4v) is 3.51. The maximum absolute atomic E-state index is 11.9. The highest BCUT2D eigenvalue weighted by Gasteiger charge is 2.14. The molecule has 2 amide bonds. The largest absolute Gasteiger partial charge is 0.356 e. The van der Waals surface area contributed by atoms with Crippen molar-refractivity contribution in [3.8, 4) is 0 Å². The lowest BCUT2D eigenvalue weighted by atomic mass is 10.00. The van der Waals surface area contributed by atoms with Crippen LogP contribution in [0.3, 0.4) is 0 Å². The summed E-state index contributed by atoms with van der Waals surface area (Å²) in [5.74, 6) is -0.0398. The molecule has 2 aromatic carbocycles. The smallest absolute Gasteiger partial charge is 0.251 e. The summed E-state index contributed by atoms with van der Waals surface area (Å²) in [7, 11) is 0. The summed E-state index contributed by atoms with van der Waals surface area (Å²) in [4.78, 5) is 26.3. The van der Waals surface area contributed by atoms with E-state index in [0.29, 0.717) is 31.5 Å². The van der Waals surface area contributed by atoms with Crippen LogP contribution in [0.2, 0.25) is 0 Å². The molecule has 0 radical (unpaired) electrons. The molecular weight excluding hydrogens is 350 g/mol. The number of rotatable bonds is 9. The van der Waals surface area contributed by atoms with Gasteiger partial charge in [0.05, 0.1) is 0 Å². The molecule has 0 spiro atoms. The zero-order valence-corrected chi connectivity index (χ0v) is 16.3. The molecule has 3 rings (SSSR count). The molecule has 1 aliphatic heterocycles. The Bertz CT molecular complexity index is 776. The van der Waals surface area contributed by atoms with E-state index in [1.807, 2.05) is 18.2 Å². The molecule has 0 fully saturated rings. The van der Waals surface area contributed by atoms with Crippen LogP contribution in [0.15, 0.2) is 54.6 Å². The number of carbonyl (C=O) groups is 2. The monoisotopic (exact) mass is 379 g/mol. The maximum atomic E-state index is 11.9. The first kappa shape index (κ1) is 20.1. The molecule has 0 bridgehead atoms. The highest BCUT2D eigenvalue weighted by atomic mass is 16.2. The normalized spacial score (nSPS) is 13.6. The Balaban J connectivity index is 1.23. The number of fused-ring (bicyclic) bond motifs is 1. The summed E-state index contributed by atoms with van der Waals surface area (Å²) in [6.07, 6.45) is 3.15. The Kier molecular flexibility index (Phi) is 7.62. The van der Waals surface area contributed by atoms with E-state index in [2.05, 4.69) is 39.8 Å². The van der Waals surface area contributed by atoms with E-state index in [0.717, 1.165) is 32.5 Å². The molecule has 0 aliphatic carbocycles. The fraction of sp³-hybridized carbons (Fsp3) is 0.391. The molecule has 0 saturated heterocycles. The van der Waals surface area contributed by atoms with Crippen molar-refractivity contribution < 1.29 is 9.59 Å². The third kappa shape index (κ3) is 6.20. The molecule has 0 unspecified atom stereocenters. The van der Waals surface area contributed by atoms with Crippen LogP contribution < -0.4 is 10.6 Å². The summed E-state index contributed by atoms with van der Waals surface area (Å²) in [5, 5.41) is 5.83. The first-order valence-corrected chi connectivity index (χ1v) is 10.1. The number of carbonyl (C=O) groups excluding carboxylic acids is 2. The number of hydrogen-bond acceptors (Lipinski definition) is 3. The van der Waals surface area contributed by atoms with Gasteiger partial charge in [0, 0.05) is 44.7 Å². The number of benzene rings is 2. The minimum atomic E-state index is -0.0934. The van der Waals surface area contributed by atoms with Crippen molar-refractivity contribution in [1.82, 2.24) is 15.5 Å². The van der Waals surface area contributed by atoms with Gasteiger partial charge < -0.3 is 10.6 Å². The van der Waals surface area contributed by atoms with Crippen molar-refractivity contribution >= 4 is 11.8 Å². The summed E-state index contributed by atoms with van der Waals surface area (Å²) >= 11 is 0. The van der Waals surface area contributed by atoms with E-state index in [9.17, 15) is 9.59 Å². The van der Waals surface area contributed by atoms with Crippen LogP contribution in [0.4, 0.5) is 0 Å². The molecule has 1 aliphatic rings. The van der Waals surface area contributed by atoms with Crippen molar-refractivity contribution in [2.45, 2.75) is 32.2 Å². The van der Waals surface area contributed by atoms with Crippen molar-refractivity contribution in [1.29, 1.82) is 0 Å². The topological polar surface area (TPSA) is 61.4 Å². The summed E-state index contributed by atoms with van der Waals surface area (Å²) in [5.41, 5.74) is 3.54. The molecule has 2 N–H and O–H groups in total. The van der Waals surface area contributed by atoms with Gasteiger partial charge in [-0.05, 0) is 42.5 Å². The van der Waals surface area contributed by atoms with Crippen LogP contribution in [0.1, 0.15) is 40.7 Å². The lowest BCUT2D eigenvalue weighted by Crippen LogP contribution is -2.34. The third-order valence-corrected chi connectivity index (χ3v) is 5.09. The zero-order chi connectivity index (χ0) is 19.6. The standard InChI is InChI=1S/C23H29N3O2/c27-22(12-6-14-25-23(28)20-9-2-1-3-10-20)24-15-7-16-26-17-13-19-8-4-5-11-21(19)18-26/h1-5,8-11H,6-7,12-18H2,(H,24,27)(H,25,28). The van der Waals surface area contributed by atoms with Crippen LogP contribution in [0.5, 0.6) is 0 Å².